The van der Waals surface area contributed by atoms with Crippen LogP contribution in [0, 0.1) is 5.21 Å². The van der Waals surface area contributed by atoms with Crippen LogP contribution in [-0.4, -0.2) is 20.1 Å². The highest BCUT2D eigenvalue weighted by atomic mass is 16.5. The molecular weight excluding hydrogens is 212 g/mol. The third-order valence-electron chi connectivity index (χ3n) is 3.25. The van der Waals surface area contributed by atoms with Gasteiger partial charge in [0, 0.05) is 24.5 Å². The van der Waals surface area contributed by atoms with Crippen molar-refractivity contribution in [1.29, 1.82) is 0 Å². The maximum Gasteiger partial charge on any atom is 0.0367 e. The lowest BCUT2D eigenvalue weighted by molar-refractivity contribution is 0.804. The Hall–Kier alpha value is -1.48. The molecule has 3 nitrogen and oxygen atoms in total. The fourth-order valence-electron chi connectivity index (χ4n) is 2.12. The van der Waals surface area contributed by atoms with Gasteiger partial charge in [-0.15, -0.1) is 0 Å². The van der Waals surface area contributed by atoms with Crippen molar-refractivity contribution in [3.8, 4) is 0 Å². The summed E-state index contributed by atoms with van der Waals surface area (Å²) in [5.74, 6) is 0. The van der Waals surface area contributed by atoms with Crippen molar-refractivity contribution in [2.24, 2.45) is 0 Å². The van der Waals surface area contributed by atoms with Crippen LogP contribution in [-0.2, 0) is 0 Å². The molecule has 0 spiro atoms. The highest BCUT2D eigenvalue weighted by Gasteiger charge is 2.08. The average molecular weight is 231 g/mol. The van der Waals surface area contributed by atoms with E-state index in [0.29, 0.717) is 5.69 Å². The van der Waals surface area contributed by atoms with Gasteiger partial charge < -0.3 is 15.2 Å². The van der Waals surface area contributed by atoms with Gasteiger partial charge in [-0.05, 0) is 51.1 Å². The molecule has 0 bridgehead atoms. The Morgan fingerprint density at radius 2 is 1.88 bits per heavy atom. The summed E-state index contributed by atoms with van der Waals surface area (Å²) in [6.45, 7) is 4.32. The fraction of sp³-hybridized carbons (Fsp3) is 0.429. The molecule has 0 amide bonds. The van der Waals surface area contributed by atoms with Gasteiger partial charge in [0.15, 0.2) is 0 Å². The maximum absolute atomic E-state index is 11.1. The number of rotatable bonds is 2. The van der Waals surface area contributed by atoms with Crippen molar-refractivity contribution in [2.45, 2.75) is 19.8 Å². The van der Waals surface area contributed by atoms with Crippen molar-refractivity contribution in [3.63, 3.8) is 0 Å². The summed E-state index contributed by atoms with van der Waals surface area (Å²) in [5.41, 5.74) is 3.39. The predicted octanol–water partition coefficient (Wildman–Crippen LogP) is 3.17. The molecule has 1 aromatic rings. The third kappa shape index (κ3) is 3.01. The Kier molecular flexibility index (Phi) is 3.69. The van der Waals surface area contributed by atoms with Crippen LogP contribution in [0.15, 0.2) is 35.9 Å². The largest absolute Gasteiger partial charge is 0.758 e. The molecule has 0 aromatic heterocycles. The molecule has 1 aliphatic rings. The van der Waals surface area contributed by atoms with Gasteiger partial charge in [-0.3, -0.25) is 0 Å². The first-order valence-corrected chi connectivity index (χ1v) is 6.08. The minimum Gasteiger partial charge on any atom is -0.758 e. The monoisotopic (exact) mass is 231 g/mol. The summed E-state index contributed by atoms with van der Waals surface area (Å²) in [6, 6.07) is 7.83. The zero-order chi connectivity index (χ0) is 12.3. The Morgan fingerprint density at radius 3 is 2.53 bits per heavy atom. The molecule has 0 saturated heterocycles. The molecule has 0 atom stereocenters. The zero-order valence-electron chi connectivity index (χ0n) is 10.5. The predicted molar refractivity (Wildman–Crippen MR) is 73.4 cm³/mol. The van der Waals surface area contributed by atoms with E-state index in [1.54, 1.807) is 0 Å². The summed E-state index contributed by atoms with van der Waals surface area (Å²) < 4.78 is 0. The van der Waals surface area contributed by atoms with E-state index in [-0.39, 0.29) is 0 Å². The van der Waals surface area contributed by atoms with Crippen LogP contribution in [0.1, 0.15) is 19.8 Å². The summed E-state index contributed by atoms with van der Waals surface area (Å²) in [4.78, 5) is 2.38. The zero-order valence-corrected chi connectivity index (χ0v) is 10.5. The minimum absolute atomic E-state index is 0.706. The summed E-state index contributed by atoms with van der Waals surface area (Å²) >= 11 is 0. The van der Waals surface area contributed by atoms with Gasteiger partial charge in [-0.25, -0.2) is 0 Å². The van der Waals surface area contributed by atoms with E-state index in [1.165, 1.54) is 18.3 Å². The lowest BCUT2D eigenvalue weighted by Gasteiger charge is -2.27. The summed E-state index contributed by atoms with van der Waals surface area (Å²) in [7, 11) is 1.52. The summed E-state index contributed by atoms with van der Waals surface area (Å²) in [6.07, 6.45) is 4.55. The van der Waals surface area contributed by atoms with Crippen molar-refractivity contribution in [3.05, 3.63) is 41.1 Å². The Bertz CT molecular complexity index is 395. The van der Waals surface area contributed by atoms with Crippen molar-refractivity contribution in [2.75, 3.05) is 30.1 Å². The minimum atomic E-state index is 0.706. The number of benzene rings is 1. The molecule has 0 radical (unpaired) electrons. The molecule has 0 fully saturated rings. The molecule has 3 heteroatoms. The molecule has 1 aliphatic heterocycles. The van der Waals surface area contributed by atoms with Gasteiger partial charge in [-0.1, -0.05) is 11.6 Å². The van der Waals surface area contributed by atoms with E-state index in [1.807, 2.05) is 24.3 Å². The van der Waals surface area contributed by atoms with Crippen LogP contribution in [0.25, 0.3) is 0 Å². The number of anilines is 2. The number of hydrogen-bond acceptors (Lipinski definition) is 3. The first-order chi connectivity index (χ1) is 8.16. The third-order valence-corrected chi connectivity index (χ3v) is 3.25. The topological polar surface area (TPSA) is 29.5 Å². The smallest absolute Gasteiger partial charge is 0.0367 e. The molecule has 0 saturated carbocycles. The second kappa shape index (κ2) is 5.23. The van der Waals surface area contributed by atoms with E-state index in [0.717, 1.165) is 31.0 Å². The van der Waals surface area contributed by atoms with Crippen LogP contribution in [0.3, 0.4) is 0 Å². The van der Waals surface area contributed by atoms with Crippen LogP contribution in [0.5, 0.6) is 0 Å². The fourth-order valence-corrected chi connectivity index (χ4v) is 2.12. The first-order valence-electron chi connectivity index (χ1n) is 6.08. The number of nitrogens with zero attached hydrogens (tertiary/aromatic N) is 2. The normalized spacial score (nSPS) is 16.4. The van der Waals surface area contributed by atoms with Crippen molar-refractivity contribution < 1.29 is 0 Å². The SMILES string of the molecule is CC1=CCCN(c2ccc(N(C)[O-])cc2)CC1. The van der Waals surface area contributed by atoms with E-state index in [2.05, 4.69) is 17.9 Å². The summed E-state index contributed by atoms with van der Waals surface area (Å²) in [5, 5.41) is 12.0. The van der Waals surface area contributed by atoms with Gasteiger partial charge in [0.1, 0.15) is 0 Å². The van der Waals surface area contributed by atoms with E-state index >= 15 is 0 Å². The Labute approximate surface area is 103 Å². The van der Waals surface area contributed by atoms with E-state index < -0.39 is 0 Å². The molecule has 0 unspecified atom stereocenters. The molecule has 1 aromatic carbocycles. The molecular formula is C14H19N2O-. The molecule has 92 valence electrons. The quantitative estimate of drug-likeness (QED) is 0.578. The molecule has 0 aliphatic carbocycles. The van der Waals surface area contributed by atoms with Gasteiger partial charge in [-0.2, -0.15) is 0 Å². The Morgan fingerprint density at radius 1 is 1.18 bits per heavy atom. The average Bonchev–Trinajstić information content (AvgIpc) is 2.54. The van der Waals surface area contributed by atoms with Gasteiger partial charge in [0.2, 0.25) is 0 Å². The molecule has 0 N–H and O–H groups in total. The molecule has 1 heterocycles. The second-order valence-corrected chi connectivity index (χ2v) is 4.59. The van der Waals surface area contributed by atoms with Gasteiger partial charge in [0.05, 0.1) is 0 Å². The highest BCUT2D eigenvalue weighted by molar-refractivity contribution is 5.56. The van der Waals surface area contributed by atoms with Crippen LogP contribution >= 0.6 is 0 Å². The molecule has 2 rings (SSSR count). The van der Waals surface area contributed by atoms with E-state index in [4.69, 9.17) is 0 Å². The van der Waals surface area contributed by atoms with Crippen LogP contribution < -0.4 is 9.96 Å². The Balaban J connectivity index is 2.07. The van der Waals surface area contributed by atoms with Crippen LogP contribution in [0.4, 0.5) is 11.4 Å². The first kappa shape index (κ1) is 12.0. The lowest BCUT2D eigenvalue weighted by atomic mass is 10.2. The van der Waals surface area contributed by atoms with Crippen molar-refractivity contribution >= 4 is 11.4 Å². The number of hydroxylamine groups is 1. The standard InChI is InChI=1S/C14H19N2O/c1-12-4-3-10-16(11-9-12)14-7-5-13(6-8-14)15(2)17/h4-8H,3,9-11H2,1-2H3/q-1. The number of hydrogen-bond donors (Lipinski definition) is 0. The maximum atomic E-state index is 11.1. The van der Waals surface area contributed by atoms with Crippen molar-refractivity contribution in [1.82, 2.24) is 0 Å². The lowest BCUT2D eigenvalue weighted by Crippen LogP contribution is -2.24. The second-order valence-electron chi connectivity index (χ2n) is 4.59. The van der Waals surface area contributed by atoms with Gasteiger partial charge in [0.25, 0.3) is 0 Å². The molecule has 17 heavy (non-hydrogen) atoms. The van der Waals surface area contributed by atoms with Crippen LogP contribution in [0.2, 0.25) is 0 Å². The highest BCUT2D eigenvalue weighted by Crippen LogP contribution is 2.22. The van der Waals surface area contributed by atoms with E-state index in [9.17, 15) is 5.21 Å². The van der Waals surface area contributed by atoms with Gasteiger partial charge >= 0.3 is 0 Å².